The van der Waals surface area contributed by atoms with E-state index in [4.69, 9.17) is 9.47 Å². The molecule has 0 saturated heterocycles. The molecule has 1 N–H and O–H groups in total. The highest BCUT2D eigenvalue weighted by Gasteiger charge is 2.34. The van der Waals surface area contributed by atoms with Gasteiger partial charge in [-0.15, -0.1) is 0 Å². The van der Waals surface area contributed by atoms with Crippen LogP contribution >= 0.6 is 0 Å². The summed E-state index contributed by atoms with van der Waals surface area (Å²) in [5.41, 5.74) is 1.26. The maximum Gasteiger partial charge on any atom is 0.418 e. The molecule has 1 heterocycles. The van der Waals surface area contributed by atoms with Crippen LogP contribution in [0.25, 0.3) is 22.0 Å². The largest absolute Gasteiger partial charge is 0.496 e. The molecule has 0 amide bonds. The van der Waals surface area contributed by atoms with Gasteiger partial charge in [-0.2, -0.15) is 13.2 Å². The van der Waals surface area contributed by atoms with Crippen LogP contribution in [0.4, 0.5) is 13.2 Å². The number of methoxy groups -OCH3 is 1. The fourth-order valence-electron chi connectivity index (χ4n) is 4.96. The number of aromatic nitrogens is 1. The predicted molar refractivity (Wildman–Crippen MR) is 151 cm³/mol. The van der Waals surface area contributed by atoms with Crippen LogP contribution in [0.2, 0.25) is 0 Å². The second-order valence-electron chi connectivity index (χ2n) is 9.49. The lowest BCUT2D eigenvalue weighted by atomic mass is 9.91. The minimum atomic E-state index is -4.65. The van der Waals surface area contributed by atoms with Crippen LogP contribution in [0, 0.1) is 6.92 Å². The lowest BCUT2D eigenvalue weighted by Crippen LogP contribution is -2.09. The monoisotopic (exact) mass is 571 g/mol. The first-order valence-electron chi connectivity index (χ1n) is 12.8. The molecule has 4 aromatic carbocycles. The van der Waals surface area contributed by atoms with Crippen molar-refractivity contribution in [2.24, 2.45) is 0 Å². The molecule has 0 aliphatic heterocycles. The number of carboxylic acid groups (broad SMARTS) is 1. The van der Waals surface area contributed by atoms with Gasteiger partial charge >= 0.3 is 12.1 Å². The zero-order valence-electron chi connectivity index (χ0n) is 22.5. The number of hydrogen-bond acceptors (Lipinski definition) is 5. The van der Waals surface area contributed by atoms with Gasteiger partial charge in [0.25, 0.3) is 0 Å². The summed E-state index contributed by atoms with van der Waals surface area (Å²) in [4.78, 5) is 29.2. The first-order valence-corrected chi connectivity index (χ1v) is 12.8. The van der Waals surface area contributed by atoms with E-state index in [-0.39, 0.29) is 34.4 Å². The van der Waals surface area contributed by atoms with Crippen LogP contribution in [-0.4, -0.2) is 29.0 Å². The summed E-state index contributed by atoms with van der Waals surface area (Å²) in [5.74, 6) is -0.710. The molecule has 0 atom stereocenters. The molecule has 5 aromatic rings. The molecular weight excluding hydrogens is 547 g/mol. The summed E-state index contributed by atoms with van der Waals surface area (Å²) in [6.07, 6.45) is -3.46. The van der Waals surface area contributed by atoms with Gasteiger partial charge in [0.05, 0.1) is 23.8 Å². The number of para-hydroxylation sites is 1. The molecule has 0 bridgehead atoms. The SMILES string of the molecule is COc1c(COc2cccc(-c3c(C(=O)c4ccccc4)cnc4c(C(F)(F)F)cccc34)c2)ccc(C(=O)O)c1C. The highest BCUT2D eigenvalue weighted by molar-refractivity contribution is 6.16. The smallest absolute Gasteiger partial charge is 0.418 e. The Kier molecular flexibility index (Phi) is 7.67. The molecule has 0 unspecified atom stereocenters. The number of carbonyl (C=O) groups excluding carboxylic acids is 1. The van der Waals surface area contributed by atoms with E-state index in [0.29, 0.717) is 39.3 Å². The molecule has 1 aromatic heterocycles. The van der Waals surface area contributed by atoms with Gasteiger partial charge in [-0.05, 0) is 36.8 Å². The number of halogens is 3. The number of carboxylic acids is 1. The van der Waals surface area contributed by atoms with Gasteiger partial charge in [0.2, 0.25) is 0 Å². The van der Waals surface area contributed by atoms with Crippen LogP contribution in [0.1, 0.15) is 43.0 Å². The normalized spacial score (nSPS) is 11.4. The van der Waals surface area contributed by atoms with Gasteiger partial charge in [0, 0.05) is 39.4 Å². The van der Waals surface area contributed by atoms with Gasteiger partial charge < -0.3 is 14.6 Å². The summed E-state index contributed by atoms with van der Waals surface area (Å²) >= 11 is 0. The van der Waals surface area contributed by atoms with E-state index in [9.17, 15) is 27.9 Å². The lowest BCUT2D eigenvalue weighted by molar-refractivity contribution is -0.136. The molecule has 0 aliphatic rings. The Bertz CT molecular complexity index is 1820. The Morgan fingerprint density at radius 2 is 1.64 bits per heavy atom. The van der Waals surface area contributed by atoms with Crippen molar-refractivity contribution in [3.63, 3.8) is 0 Å². The first-order chi connectivity index (χ1) is 20.1. The van der Waals surface area contributed by atoms with Crippen molar-refractivity contribution in [1.29, 1.82) is 0 Å². The van der Waals surface area contributed by atoms with Crippen LogP contribution < -0.4 is 9.47 Å². The standard InChI is InChI=1S/C33H24F3NO5/c1-19-24(32(39)40)15-14-22(31(19)41-2)18-42-23-11-6-10-21(16-23)28-25-12-7-13-27(33(34,35)36)29(25)37-17-26(28)30(38)20-8-4-3-5-9-20/h3-17H,18H2,1-2H3,(H,39,40). The van der Waals surface area contributed by atoms with Gasteiger partial charge in [0.1, 0.15) is 18.1 Å². The molecule has 0 spiro atoms. The lowest BCUT2D eigenvalue weighted by Gasteiger charge is -2.17. The van der Waals surface area contributed by atoms with Crippen molar-refractivity contribution in [1.82, 2.24) is 4.98 Å². The molecular formula is C33H24F3NO5. The third kappa shape index (κ3) is 5.41. The first kappa shape index (κ1) is 28.4. The molecule has 0 saturated carbocycles. The van der Waals surface area contributed by atoms with E-state index in [2.05, 4.69) is 4.98 Å². The molecule has 5 rings (SSSR count). The molecule has 6 nitrogen and oxygen atoms in total. The average Bonchev–Trinajstić information content (AvgIpc) is 2.98. The summed E-state index contributed by atoms with van der Waals surface area (Å²) in [5, 5.41) is 9.59. The second-order valence-corrected chi connectivity index (χ2v) is 9.49. The molecule has 9 heteroatoms. The average molecular weight is 572 g/mol. The van der Waals surface area contributed by atoms with Gasteiger partial charge in [-0.3, -0.25) is 9.78 Å². The topological polar surface area (TPSA) is 85.7 Å². The summed E-state index contributed by atoms with van der Waals surface area (Å²) < 4.78 is 53.1. The number of ketones is 1. The Labute approximate surface area is 239 Å². The van der Waals surface area contributed by atoms with Gasteiger partial charge in [0.15, 0.2) is 5.78 Å². The van der Waals surface area contributed by atoms with Crippen molar-refractivity contribution >= 4 is 22.7 Å². The van der Waals surface area contributed by atoms with Crippen molar-refractivity contribution in [3.05, 3.63) is 125 Å². The number of carbonyl (C=O) groups is 2. The summed E-state index contributed by atoms with van der Waals surface area (Å²) in [6, 6.07) is 22.0. The van der Waals surface area contributed by atoms with Crippen molar-refractivity contribution in [3.8, 4) is 22.6 Å². The highest BCUT2D eigenvalue weighted by atomic mass is 19.4. The van der Waals surface area contributed by atoms with E-state index in [1.54, 1.807) is 67.6 Å². The minimum Gasteiger partial charge on any atom is -0.496 e. The Morgan fingerprint density at radius 3 is 2.33 bits per heavy atom. The van der Waals surface area contributed by atoms with Crippen LogP contribution in [-0.2, 0) is 12.8 Å². The van der Waals surface area contributed by atoms with Crippen LogP contribution in [0.3, 0.4) is 0 Å². The Balaban J connectivity index is 1.61. The number of alkyl halides is 3. The third-order valence-corrected chi connectivity index (χ3v) is 6.92. The van der Waals surface area contributed by atoms with E-state index in [1.165, 1.54) is 31.5 Å². The maximum absolute atomic E-state index is 13.9. The fraction of sp³-hybridized carbons (Fsp3) is 0.121. The zero-order chi connectivity index (χ0) is 30.0. The number of rotatable bonds is 8. The number of hydrogen-bond donors (Lipinski definition) is 1. The molecule has 0 aliphatic carbocycles. The fourth-order valence-corrected chi connectivity index (χ4v) is 4.96. The van der Waals surface area contributed by atoms with Crippen LogP contribution in [0.5, 0.6) is 11.5 Å². The second kappa shape index (κ2) is 11.4. The number of fused-ring (bicyclic) bond motifs is 1. The van der Waals surface area contributed by atoms with Gasteiger partial charge in [-0.1, -0.05) is 60.7 Å². The van der Waals surface area contributed by atoms with Crippen molar-refractivity contribution < 1.29 is 37.3 Å². The van der Waals surface area contributed by atoms with Gasteiger partial charge in [-0.25, -0.2) is 4.79 Å². The maximum atomic E-state index is 13.9. The molecule has 0 fully saturated rings. The van der Waals surface area contributed by atoms with Crippen molar-refractivity contribution in [2.75, 3.05) is 7.11 Å². The summed E-state index contributed by atoms with van der Waals surface area (Å²) in [6.45, 7) is 1.67. The van der Waals surface area contributed by atoms with E-state index in [1.807, 2.05) is 0 Å². The Morgan fingerprint density at radius 1 is 0.905 bits per heavy atom. The summed E-state index contributed by atoms with van der Waals surface area (Å²) in [7, 11) is 1.44. The van der Waals surface area contributed by atoms with E-state index < -0.39 is 17.7 Å². The van der Waals surface area contributed by atoms with Crippen LogP contribution in [0.15, 0.2) is 91.1 Å². The predicted octanol–water partition coefficient (Wildman–Crippen LogP) is 7.75. The van der Waals surface area contributed by atoms with E-state index >= 15 is 0 Å². The number of pyridine rings is 1. The number of aromatic carboxylic acids is 1. The molecule has 0 radical (unpaired) electrons. The van der Waals surface area contributed by atoms with Crippen molar-refractivity contribution in [2.45, 2.75) is 19.7 Å². The zero-order valence-corrected chi connectivity index (χ0v) is 22.5. The number of benzene rings is 4. The minimum absolute atomic E-state index is 0.0263. The molecule has 212 valence electrons. The highest BCUT2D eigenvalue weighted by Crippen LogP contribution is 2.40. The third-order valence-electron chi connectivity index (χ3n) is 6.92. The Hall–Kier alpha value is -5.18. The quantitative estimate of drug-likeness (QED) is 0.192. The molecule has 42 heavy (non-hydrogen) atoms. The number of nitrogens with zero attached hydrogens (tertiary/aromatic N) is 1. The number of ether oxygens (including phenoxy) is 2. The van der Waals surface area contributed by atoms with E-state index in [0.717, 1.165) is 6.07 Å².